The molecule has 3 heteroatoms. The van der Waals surface area contributed by atoms with E-state index in [1.165, 1.54) is 0 Å². The maximum atomic E-state index is 9.16. The van der Waals surface area contributed by atoms with Crippen molar-refractivity contribution in [2.24, 2.45) is 0 Å². The lowest BCUT2D eigenvalue weighted by molar-refractivity contribution is 0.189. The molecule has 0 amide bonds. The minimum absolute atomic E-state index is 0.414. The van der Waals surface area contributed by atoms with Crippen LogP contribution in [0.1, 0.15) is 25.6 Å². The Bertz CT molecular complexity index is 205. The summed E-state index contributed by atoms with van der Waals surface area (Å²) in [6, 6.07) is 0. The molecule has 0 aliphatic heterocycles. The van der Waals surface area contributed by atoms with E-state index in [0.29, 0.717) is 0 Å². The third-order valence-corrected chi connectivity index (χ3v) is 1.51. The van der Waals surface area contributed by atoms with Crippen LogP contribution in [0.15, 0.2) is 12.5 Å². The van der Waals surface area contributed by atoms with Crippen LogP contribution in [-0.4, -0.2) is 14.7 Å². The molecule has 0 fully saturated rings. The van der Waals surface area contributed by atoms with E-state index >= 15 is 0 Å². The van der Waals surface area contributed by atoms with E-state index < -0.39 is 6.10 Å². The molecule has 3 nitrogen and oxygen atoms in total. The van der Waals surface area contributed by atoms with Gasteiger partial charge in [-0.1, -0.05) is 0 Å². The van der Waals surface area contributed by atoms with Crippen LogP contribution in [0, 0.1) is 0 Å². The van der Waals surface area contributed by atoms with Gasteiger partial charge in [0.15, 0.2) is 0 Å². The number of hydrogen-bond acceptors (Lipinski definition) is 2. The zero-order chi connectivity index (χ0) is 7.56. The molecule has 1 aromatic heterocycles. The molecule has 1 rings (SSSR count). The third-order valence-electron chi connectivity index (χ3n) is 1.51. The topological polar surface area (TPSA) is 38.0 Å². The van der Waals surface area contributed by atoms with Gasteiger partial charge < -0.3 is 9.67 Å². The van der Waals surface area contributed by atoms with Gasteiger partial charge in [-0.05, 0) is 13.8 Å². The smallest absolute Gasteiger partial charge is 0.0948 e. The summed E-state index contributed by atoms with van der Waals surface area (Å²) in [5.74, 6) is 0. The third kappa shape index (κ3) is 1.19. The molecule has 0 radical (unpaired) electrons. The van der Waals surface area contributed by atoms with Crippen LogP contribution in [0.5, 0.6) is 0 Å². The Balaban J connectivity index is 2.90. The lowest BCUT2D eigenvalue weighted by atomic mass is 10.3. The second-order valence-electron chi connectivity index (χ2n) is 2.28. The fourth-order valence-corrected chi connectivity index (χ4v) is 0.943. The van der Waals surface area contributed by atoms with Crippen molar-refractivity contribution in [2.45, 2.75) is 26.5 Å². The Morgan fingerprint density at radius 1 is 1.80 bits per heavy atom. The van der Waals surface area contributed by atoms with Crippen LogP contribution >= 0.6 is 0 Å². The Morgan fingerprint density at radius 3 is 2.90 bits per heavy atom. The van der Waals surface area contributed by atoms with E-state index in [1.54, 1.807) is 19.4 Å². The number of nitrogens with zero attached hydrogens (tertiary/aromatic N) is 2. The zero-order valence-electron chi connectivity index (χ0n) is 6.28. The number of aliphatic hydroxyl groups excluding tert-OH is 1. The molecular formula is C7H12N2O. The predicted octanol–water partition coefficient (Wildman–Crippen LogP) is 0.956. The lowest BCUT2D eigenvalue weighted by Crippen LogP contribution is -2.01. The van der Waals surface area contributed by atoms with Crippen molar-refractivity contribution in [3.8, 4) is 0 Å². The quantitative estimate of drug-likeness (QED) is 0.664. The van der Waals surface area contributed by atoms with E-state index in [0.717, 1.165) is 12.2 Å². The number of imidazole rings is 1. The van der Waals surface area contributed by atoms with Gasteiger partial charge in [0.2, 0.25) is 0 Å². The average Bonchev–Trinajstić information content (AvgIpc) is 2.33. The molecule has 0 aromatic carbocycles. The lowest BCUT2D eigenvalue weighted by Gasteiger charge is -2.05. The first-order valence-corrected chi connectivity index (χ1v) is 3.43. The van der Waals surface area contributed by atoms with Gasteiger partial charge >= 0.3 is 0 Å². The number of hydrogen-bond donors (Lipinski definition) is 1. The van der Waals surface area contributed by atoms with E-state index in [-0.39, 0.29) is 0 Å². The Hall–Kier alpha value is -0.830. The van der Waals surface area contributed by atoms with Gasteiger partial charge in [-0.15, -0.1) is 0 Å². The van der Waals surface area contributed by atoms with Crippen LogP contribution in [0.25, 0.3) is 0 Å². The first-order chi connectivity index (χ1) is 4.75. The van der Waals surface area contributed by atoms with Crippen molar-refractivity contribution in [3.05, 3.63) is 18.2 Å². The van der Waals surface area contributed by atoms with Crippen LogP contribution in [0.2, 0.25) is 0 Å². The Morgan fingerprint density at radius 2 is 2.50 bits per heavy atom. The first kappa shape index (κ1) is 7.28. The first-order valence-electron chi connectivity index (χ1n) is 3.43. The van der Waals surface area contributed by atoms with Crippen LogP contribution in [0.3, 0.4) is 0 Å². The van der Waals surface area contributed by atoms with E-state index in [2.05, 4.69) is 4.98 Å². The van der Waals surface area contributed by atoms with Crippen molar-refractivity contribution >= 4 is 0 Å². The molecule has 56 valence electrons. The van der Waals surface area contributed by atoms with Gasteiger partial charge in [-0.2, -0.15) is 0 Å². The summed E-state index contributed by atoms with van der Waals surface area (Å²) >= 11 is 0. The van der Waals surface area contributed by atoms with Gasteiger partial charge in [0, 0.05) is 6.54 Å². The Kier molecular flexibility index (Phi) is 2.06. The summed E-state index contributed by atoms with van der Waals surface area (Å²) in [7, 11) is 0. The van der Waals surface area contributed by atoms with Crippen molar-refractivity contribution in [1.82, 2.24) is 9.55 Å². The molecule has 0 bridgehead atoms. The number of aliphatic hydroxyl groups is 1. The van der Waals surface area contributed by atoms with Crippen LogP contribution in [0.4, 0.5) is 0 Å². The summed E-state index contributed by atoms with van der Waals surface area (Å²) in [5.41, 5.74) is 0.877. The zero-order valence-corrected chi connectivity index (χ0v) is 6.28. The van der Waals surface area contributed by atoms with Gasteiger partial charge in [-0.25, -0.2) is 4.98 Å². The molecule has 1 atom stereocenters. The molecule has 0 spiro atoms. The van der Waals surface area contributed by atoms with Crippen LogP contribution < -0.4 is 0 Å². The van der Waals surface area contributed by atoms with E-state index in [1.807, 2.05) is 11.5 Å². The standard InChI is InChI=1S/C7H12N2O/c1-3-9-5-8-4-7(9)6(2)10/h4-6,10H,3H2,1-2H3. The van der Waals surface area contributed by atoms with Gasteiger partial charge in [0.25, 0.3) is 0 Å². The summed E-state index contributed by atoms with van der Waals surface area (Å²) in [6.45, 7) is 4.62. The summed E-state index contributed by atoms with van der Waals surface area (Å²) in [5, 5.41) is 9.16. The van der Waals surface area contributed by atoms with Gasteiger partial charge in [-0.3, -0.25) is 0 Å². The fraction of sp³-hybridized carbons (Fsp3) is 0.571. The molecule has 0 aliphatic rings. The summed E-state index contributed by atoms with van der Waals surface area (Å²) in [4.78, 5) is 3.92. The fourth-order valence-electron chi connectivity index (χ4n) is 0.943. The van der Waals surface area contributed by atoms with E-state index in [9.17, 15) is 0 Å². The monoisotopic (exact) mass is 140 g/mol. The normalized spacial score (nSPS) is 13.5. The molecule has 1 heterocycles. The maximum absolute atomic E-state index is 9.16. The number of rotatable bonds is 2. The highest BCUT2D eigenvalue weighted by Gasteiger charge is 2.04. The summed E-state index contributed by atoms with van der Waals surface area (Å²) < 4.78 is 1.92. The van der Waals surface area contributed by atoms with Gasteiger partial charge in [0.05, 0.1) is 24.3 Å². The average molecular weight is 140 g/mol. The highest BCUT2D eigenvalue weighted by molar-refractivity contribution is 5.00. The minimum Gasteiger partial charge on any atom is -0.387 e. The van der Waals surface area contributed by atoms with Gasteiger partial charge in [0.1, 0.15) is 0 Å². The maximum Gasteiger partial charge on any atom is 0.0948 e. The second kappa shape index (κ2) is 2.84. The largest absolute Gasteiger partial charge is 0.387 e. The molecular weight excluding hydrogens is 128 g/mol. The highest BCUT2D eigenvalue weighted by atomic mass is 16.3. The minimum atomic E-state index is -0.414. The number of aromatic nitrogens is 2. The molecule has 1 unspecified atom stereocenters. The molecule has 0 saturated heterocycles. The predicted molar refractivity (Wildman–Crippen MR) is 38.5 cm³/mol. The molecule has 1 aromatic rings. The highest BCUT2D eigenvalue weighted by Crippen LogP contribution is 2.09. The van der Waals surface area contributed by atoms with E-state index in [4.69, 9.17) is 5.11 Å². The second-order valence-corrected chi connectivity index (χ2v) is 2.28. The summed E-state index contributed by atoms with van der Waals surface area (Å²) in [6.07, 6.45) is 3.00. The number of aryl methyl sites for hydroxylation is 1. The van der Waals surface area contributed by atoms with Crippen molar-refractivity contribution in [1.29, 1.82) is 0 Å². The van der Waals surface area contributed by atoms with Crippen LogP contribution in [-0.2, 0) is 6.54 Å². The molecule has 0 aliphatic carbocycles. The molecule has 0 saturated carbocycles. The Labute approximate surface area is 60.3 Å². The molecule has 1 N–H and O–H groups in total. The van der Waals surface area contributed by atoms with Crippen molar-refractivity contribution in [3.63, 3.8) is 0 Å². The SMILES string of the molecule is CCn1cncc1C(C)O. The van der Waals surface area contributed by atoms with Crippen molar-refractivity contribution in [2.75, 3.05) is 0 Å². The molecule has 10 heavy (non-hydrogen) atoms. The van der Waals surface area contributed by atoms with Crippen molar-refractivity contribution < 1.29 is 5.11 Å².